The molecule has 1 rings (SSSR count). The second-order valence-corrected chi connectivity index (χ2v) is 7.00. The van der Waals surface area contributed by atoms with E-state index in [1.165, 1.54) is 51.4 Å². The third kappa shape index (κ3) is 11.7. The van der Waals surface area contributed by atoms with E-state index >= 15 is 0 Å². The lowest BCUT2D eigenvalue weighted by atomic mass is 10.1. The number of rotatable bonds is 16. The molecular weight excluding hydrogens is 322 g/mol. The van der Waals surface area contributed by atoms with Crippen LogP contribution in [0, 0.1) is 0 Å². The molecule has 26 heavy (non-hydrogen) atoms. The zero-order valence-electron chi connectivity index (χ0n) is 16.5. The molecule has 3 nitrogen and oxygen atoms in total. The molecule has 0 aliphatic heterocycles. The van der Waals surface area contributed by atoms with Gasteiger partial charge in [0.25, 0.3) is 0 Å². The van der Waals surface area contributed by atoms with Crippen molar-refractivity contribution in [2.24, 2.45) is 0 Å². The van der Waals surface area contributed by atoms with E-state index in [-0.39, 0.29) is 6.42 Å². The fourth-order valence-corrected chi connectivity index (χ4v) is 3.05. The lowest BCUT2D eigenvalue weighted by Crippen LogP contribution is -2.05. The Morgan fingerprint density at radius 2 is 1.62 bits per heavy atom. The largest absolute Gasteiger partial charge is 0.481 e. The number of benzene rings is 1. The number of hydrogen-bond donors (Lipinski definition) is 2. The smallest absolute Gasteiger partial charge is 0.303 e. The van der Waals surface area contributed by atoms with Gasteiger partial charge < -0.3 is 10.4 Å². The van der Waals surface area contributed by atoms with Gasteiger partial charge in [-0.15, -0.1) is 0 Å². The van der Waals surface area contributed by atoms with Gasteiger partial charge >= 0.3 is 5.97 Å². The van der Waals surface area contributed by atoms with Gasteiger partial charge in [-0.05, 0) is 43.7 Å². The SMILES string of the molecule is CCCCCCCCCC=CCCCNc1ccccc1CCC(=O)O. The van der Waals surface area contributed by atoms with Crippen LogP contribution < -0.4 is 5.32 Å². The van der Waals surface area contributed by atoms with Gasteiger partial charge in [-0.1, -0.05) is 75.8 Å². The molecule has 0 unspecified atom stereocenters. The van der Waals surface area contributed by atoms with Crippen molar-refractivity contribution in [1.29, 1.82) is 0 Å². The molecule has 3 heteroatoms. The summed E-state index contributed by atoms with van der Waals surface area (Å²) < 4.78 is 0. The van der Waals surface area contributed by atoms with E-state index in [1.54, 1.807) is 0 Å². The molecule has 2 N–H and O–H groups in total. The molecule has 0 aliphatic rings. The van der Waals surface area contributed by atoms with Crippen molar-refractivity contribution >= 4 is 11.7 Å². The van der Waals surface area contributed by atoms with Crippen LogP contribution in [-0.2, 0) is 11.2 Å². The van der Waals surface area contributed by atoms with Crippen LogP contribution in [0.2, 0.25) is 0 Å². The Bertz CT molecular complexity index is 511. The van der Waals surface area contributed by atoms with Crippen LogP contribution in [0.5, 0.6) is 0 Å². The minimum atomic E-state index is -0.745. The number of carboxylic acids is 1. The molecule has 0 saturated carbocycles. The van der Waals surface area contributed by atoms with Crippen LogP contribution in [0.1, 0.15) is 83.1 Å². The molecule has 146 valence electrons. The molecule has 0 saturated heterocycles. The van der Waals surface area contributed by atoms with Crippen molar-refractivity contribution in [3.8, 4) is 0 Å². The topological polar surface area (TPSA) is 49.3 Å². The maximum absolute atomic E-state index is 10.7. The van der Waals surface area contributed by atoms with E-state index in [2.05, 4.69) is 24.4 Å². The monoisotopic (exact) mass is 359 g/mol. The normalized spacial score (nSPS) is 11.1. The Morgan fingerprint density at radius 3 is 2.35 bits per heavy atom. The highest BCUT2D eigenvalue weighted by atomic mass is 16.4. The van der Waals surface area contributed by atoms with Gasteiger partial charge in [-0.2, -0.15) is 0 Å². The number of carbonyl (C=O) groups is 1. The van der Waals surface area contributed by atoms with E-state index < -0.39 is 5.97 Å². The van der Waals surface area contributed by atoms with E-state index in [0.29, 0.717) is 6.42 Å². The minimum Gasteiger partial charge on any atom is -0.481 e. The summed E-state index contributed by atoms with van der Waals surface area (Å²) in [6.45, 7) is 3.18. The van der Waals surface area contributed by atoms with Crippen molar-refractivity contribution in [2.75, 3.05) is 11.9 Å². The highest BCUT2D eigenvalue weighted by molar-refractivity contribution is 5.67. The summed E-state index contributed by atoms with van der Waals surface area (Å²) in [5.74, 6) is -0.745. The third-order valence-corrected chi connectivity index (χ3v) is 4.63. The molecule has 0 radical (unpaired) electrons. The number of hydrogen-bond acceptors (Lipinski definition) is 2. The Balaban J connectivity index is 2.06. The summed E-state index contributed by atoms with van der Waals surface area (Å²) in [5.41, 5.74) is 2.16. The van der Waals surface area contributed by atoms with Crippen LogP contribution in [0.4, 0.5) is 5.69 Å². The maximum Gasteiger partial charge on any atom is 0.303 e. The highest BCUT2D eigenvalue weighted by Gasteiger charge is 2.03. The standard InChI is InChI=1S/C23H37NO2/c1-2-3-4-5-6-7-8-9-10-11-12-15-20-24-22-17-14-13-16-21(22)18-19-23(25)26/h10-11,13-14,16-17,24H,2-9,12,15,18-20H2,1H3,(H,25,26). The van der Waals surface area contributed by atoms with Crippen LogP contribution in [0.25, 0.3) is 0 Å². The van der Waals surface area contributed by atoms with Crippen molar-refractivity contribution in [3.05, 3.63) is 42.0 Å². The lowest BCUT2D eigenvalue weighted by molar-refractivity contribution is -0.136. The predicted molar refractivity (Wildman–Crippen MR) is 112 cm³/mol. The number of anilines is 1. The van der Waals surface area contributed by atoms with Crippen LogP contribution in [0.15, 0.2) is 36.4 Å². The summed E-state index contributed by atoms with van der Waals surface area (Å²) in [5, 5.41) is 12.3. The van der Waals surface area contributed by atoms with E-state index in [0.717, 1.165) is 30.6 Å². The molecular formula is C23H37NO2. The number of para-hydroxylation sites is 1. The zero-order chi connectivity index (χ0) is 18.9. The molecule has 0 bridgehead atoms. The second kappa shape index (κ2) is 15.5. The molecule has 0 amide bonds. The first-order valence-electron chi connectivity index (χ1n) is 10.4. The maximum atomic E-state index is 10.7. The number of unbranched alkanes of at least 4 members (excludes halogenated alkanes) is 8. The van der Waals surface area contributed by atoms with Crippen molar-refractivity contribution < 1.29 is 9.90 Å². The molecule has 1 aromatic carbocycles. The first kappa shape index (κ1) is 22.3. The molecule has 0 heterocycles. The number of aliphatic carboxylic acids is 1. The van der Waals surface area contributed by atoms with Gasteiger partial charge in [0, 0.05) is 18.7 Å². The Hall–Kier alpha value is -1.77. The highest BCUT2D eigenvalue weighted by Crippen LogP contribution is 2.17. The molecule has 0 atom stereocenters. The Labute approximate surface area is 159 Å². The van der Waals surface area contributed by atoms with Gasteiger partial charge in [0.15, 0.2) is 0 Å². The van der Waals surface area contributed by atoms with Gasteiger partial charge in [0.1, 0.15) is 0 Å². The van der Waals surface area contributed by atoms with E-state index in [1.807, 2.05) is 24.3 Å². The van der Waals surface area contributed by atoms with Crippen LogP contribution >= 0.6 is 0 Å². The first-order valence-corrected chi connectivity index (χ1v) is 10.4. The van der Waals surface area contributed by atoms with Crippen LogP contribution in [-0.4, -0.2) is 17.6 Å². The van der Waals surface area contributed by atoms with Crippen molar-refractivity contribution in [2.45, 2.75) is 84.0 Å². The number of nitrogens with one attached hydrogen (secondary N) is 1. The Kier molecular flexibility index (Phi) is 13.3. The summed E-state index contributed by atoms with van der Waals surface area (Å²) in [6.07, 6.45) is 18.4. The summed E-state index contributed by atoms with van der Waals surface area (Å²) >= 11 is 0. The zero-order valence-corrected chi connectivity index (χ0v) is 16.5. The van der Waals surface area contributed by atoms with E-state index in [9.17, 15) is 4.79 Å². The fraction of sp³-hybridized carbons (Fsp3) is 0.609. The average Bonchev–Trinajstić information content (AvgIpc) is 2.64. The first-order chi connectivity index (χ1) is 12.7. The van der Waals surface area contributed by atoms with Crippen molar-refractivity contribution in [3.63, 3.8) is 0 Å². The van der Waals surface area contributed by atoms with Crippen LogP contribution in [0.3, 0.4) is 0 Å². The van der Waals surface area contributed by atoms with E-state index in [4.69, 9.17) is 5.11 Å². The quantitative estimate of drug-likeness (QED) is 0.258. The summed E-state index contributed by atoms with van der Waals surface area (Å²) in [4.78, 5) is 10.7. The van der Waals surface area contributed by atoms with Crippen molar-refractivity contribution in [1.82, 2.24) is 0 Å². The molecule has 0 fully saturated rings. The molecule has 0 aliphatic carbocycles. The number of aryl methyl sites for hydroxylation is 1. The van der Waals surface area contributed by atoms with Gasteiger partial charge in [0.05, 0.1) is 0 Å². The average molecular weight is 360 g/mol. The lowest BCUT2D eigenvalue weighted by Gasteiger charge is -2.10. The minimum absolute atomic E-state index is 0.181. The second-order valence-electron chi connectivity index (χ2n) is 7.00. The molecule has 0 spiro atoms. The van der Waals surface area contributed by atoms with Gasteiger partial charge in [0.2, 0.25) is 0 Å². The molecule has 0 aromatic heterocycles. The van der Waals surface area contributed by atoms with Gasteiger partial charge in [-0.3, -0.25) is 4.79 Å². The summed E-state index contributed by atoms with van der Waals surface area (Å²) in [6, 6.07) is 8.00. The summed E-state index contributed by atoms with van der Waals surface area (Å²) in [7, 11) is 0. The fourth-order valence-electron chi connectivity index (χ4n) is 3.05. The number of carboxylic acid groups (broad SMARTS) is 1. The predicted octanol–water partition coefficient (Wildman–Crippen LogP) is 6.59. The van der Waals surface area contributed by atoms with Gasteiger partial charge in [-0.25, -0.2) is 0 Å². The third-order valence-electron chi connectivity index (χ3n) is 4.63. The number of allylic oxidation sites excluding steroid dienone is 2. The Morgan fingerprint density at radius 1 is 0.962 bits per heavy atom. The molecule has 1 aromatic rings.